The molecule has 0 unspecified atom stereocenters. The molecule has 0 aromatic rings. The van der Waals surface area contributed by atoms with E-state index in [1.165, 1.54) is 0 Å². The number of hydrogen-bond acceptors (Lipinski definition) is 4. The number of piperazine rings is 1. The van der Waals surface area contributed by atoms with Crippen LogP contribution in [0.4, 0.5) is 0 Å². The quantitative estimate of drug-likeness (QED) is 0.717. The van der Waals surface area contributed by atoms with Crippen molar-refractivity contribution < 1.29 is 4.79 Å². The summed E-state index contributed by atoms with van der Waals surface area (Å²) in [6.07, 6.45) is 0. The molecule has 0 saturated carbocycles. The van der Waals surface area contributed by atoms with Crippen molar-refractivity contribution in [2.24, 2.45) is 5.73 Å². The molecule has 0 atom stereocenters. The molecule has 1 saturated heterocycles. The van der Waals surface area contributed by atoms with Gasteiger partial charge in [-0.15, -0.1) is 0 Å². The summed E-state index contributed by atoms with van der Waals surface area (Å²) in [5.74, 6) is 0.177. The maximum atomic E-state index is 11.6. The minimum atomic E-state index is 0.0671. The van der Waals surface area contributed by atoms with E-state index >= 15 is 0 Å². The third-order valence-corrected chi connectivity index (χ3v) is 3.59. The molecular weight excluding hydrogens is 216 g/mol. The first-order valence-electron chi connectivity index (χ1n) is 6.24. The van der Waals surface area contributed by atoms with Gasteiger partial charge in [-0.3, -0.25) is 14.6 Å². The van der Waals surface area contributed by atoms with E-state index < -0.39 is 0 Å². The molecule has 0 bridgehead atoms. The lowest BCUT2D eigenvalue weighted by molar-refractivity contribution is -0.130. The molecule has 1 aliphatic heterocycles. The molecule has 5 nitrogen and oxygen atoms in total. The molecule has 0 aromatic heterocycles. The Balaban J connectivity index is 2.38. The van der Waals surface area contributed by atoms with Crippen molar-refractivity contribution in [3.05, 3.63) is 0 Å². The van der Waals surface area contributed by atoms with Crippen molar-refractivity contribution in [1.82, 2.24) is 14.7 Å². The number of nitrogens with zero attached hydrogens (tertiary/aromatic N) is 3. The molecule has 0 radical (unpaired) electrons. The number of carbonyl (C=O) groups is 1. The second kappa shape index (κ2) is 5.80. The van der Waals surface area contributed by atoms with Crippen LogP contribution in [0.5, 0.6) is 0 Å². The van der Waals surface area contributed by atoms with Gasteiger partial charge in [0.15, 0.2) is 0 Å². The predicted octanol–water partition coefficient (Wildman–Crippen LogP) is -0.570. The highest BCUT2D eigenvalue weighted by atomic mass is 16.2. The third kappa shape index (κ3) is 3.94. The molecule has 2 N–H and O–H groups in total. The Bertz CT molecular complexity index is 257. The van der Waals surface area contributed by atoms with E-state index in [1.54, 1.807) is 19.0 Å². The SMILES string of the molecule is CN(C)C(=O)CN1CCN(C(C)(C)CN)CC1. The van der Waals surface area contributed by atoms with Gasteiger partial charge >= 0.3 is 0 Å². The Labute approximate surface area is 105 Å². The van der Waals surface area contributed by atoms with E-state index in [4.69, 9.17) is 5.73 Å². The lowest BCUT2D eigenvalue weighted by Crippen LogP contribution is -2.58. The van der Waals surface area contributed by atoms with E-state index in [0.29, 0.717) is 13.1 Å². The van der Waals surface area contributed by atoms with Crippen LogP contribution >= 0.6 is 0 Å². The highest BCUT2D eigenvalue weighted by molar-refractivity contribution is 5.77. The highest BCUT2D eigenvalue weighted by Gasteiger charge is 2.29. The summed E-state index contributed by atoms with van der Waals surface area (Å²) in [6.45, 7) is 9.43. The Morgan fingerprint density at radius 3 is 2.18 bits per heavy atom. The van der Waals surface area contributed by atoms with E-state index in [9.17, 15) is 4.79 Å². The minimum Gasteiger partial charge on any atom is -0.348 e. The van der Waals surface area contributed by atoms with Gasteiger partial charge in [0.2, 0.25) is 5.91 Å². The van der Waals surface area contributed by atoms with Crippen LogP contribution in [0.25, 0.3) is 0 Å². The standard InChI is InChI=1S/C12H26N4O/c1-12(2,10-13)16-7-5-15(6-8-16)9-11(17)14(3)4/h5-10,13H2,1-4H3. The zero-order chi connectivity index (χ0) is 13.1. The van der Waals surface area contributed by atoms with Crippen LogP contribution < -0.4 is 5.73 Å². The second-order valence-corrected chi connectivity index (χ2v) is 5.57. The van der Waals surface area contributed by atoms with Gasteiger partial charge in [-0.1, -0.05) is 0 Å². The van der Waals surface area contributed by atoms with E-state index in [-0.39, 0.29) is 11.4 Å². The van der Waals surface area contributed by atoms with Crippen LogP contribution in [0.1, 0.15) is 13.8 Å². The smallest absolute Gasteiger partial charge is 0.236 e. The van der Waals surface area contributed by atoms with Gasteiger partial charge in [-0.05, 0) is 13.8 Å². The fraction of sp³-hybridized carbons (Fsp3) is 0.917. The Kier molecular flexibility index (Phi) is 4.91. The lowest BCUT2D eigenvalue weighted by Gasteiger charge is -2.43. The second-order valence-electron chi connectivity index (χ2n) is 5.57. The maximum absolute atomic E-state index is 11.6. The molecule has 1 heterocycles. The zero-order valence-corrected chi connectivity index (χ0v) is 11.6. The van der Waals surface area contributed by atoms with Gasteiger partial charge in [0.1, 0.15) is 0 Å². The number of hydrogen-bond donors (Lipinski definition) is 1. The first-order valence-corrected chi connectivity index (χ1v) is 6.24. The number of rotatable bonds is 4. The van der Waals surface area contributed by atoms with Crippen LogP contribution in [0, 0.1) is 0 Å². The topological polar surface area (TPSA) is 52.8 Å². The summed E-state index contributed by atoms with van der Waals surface area (Å²) < 4.78 is 0. The molecule has 17 heavy (non-hydrogen) atoms. The van der Waals surface area contributed by atoms with Crippen LogP contribution in [0.3, 0.4) is 0 Å². The maximum Gasteiger partial charge on any atom is 0.236 e. The summed E-state index contributed by atoms with van der Waals surface area (Å²) in [5.41, 5.74) is 5.84. The fourth-order valence-electron chi connectivity index (χ4n) is 1.97. The number of likely N-dealkylation sites (N-methyl/N-ethyl adjacent to an activating group) is 1. The molecule has 5 heteroatoms. The number of nitrogens with two attached hydrogens (primary N) is 1. The van der Waals surface area contributed by atoms with Gasteiger partial charge in [0, 0.05) is 52.4 Å². The summed E-state index contributed by atoms with van der Waals surface area (Å²) in [5, 5.41) is 0. The molecule has 0 spiro atoms. The van der Waals surface area contributed by atoms with Crippen LogP contribution in [-0.4, -0.2) is 79.5 Å². The van der Waals surface area contributed by atoms with Crippen LogP contribution in [0.15, 0.2) is 0 Å². The normalized spacial score (nSPS) is 19.4. The Hall–Kier alpha value is -0.650. The third-order valence-electron chi connectivity index (χ3n) is 3.59. The molecule has 1 fully saturated rings. The monoisotopic (exact) mass is 242 g/mol. The zero-order valence-electron chi connectivity index (χ0n) is 11.6. The van der Waals surface area contributed by atoms with Gasteiger partial charge in [-0.25, -0.2) is 0 Å². The summed E-state index contributed by atoms with van der Waals surface area (Å²) in [4.78, 5) is 17.9. The fourth-order valence-corrected chi connectivity index (χ4v) is 1.97. The summed E-state index contributed by atoms with van der Waals surface area (Å²) in [6, 6.07) is 0. The molecule has 1 amide bonds. The van der Waals surface area contributed by atoms with Gasteiger partial charge < -0.3 is 10.6 Å². The van der Waals surface area contributed by atoms with Crippen molar-refractivity contribution in [2.45, 2.75) is 19.4 Å². The Morgan fingerprint density at radius 2 is 1.76 bits per heavy atom. The van der Waals surface area contributed by atoms with Gasteiger partial charge in [0.05, 0.1) is 6.54 Å². The van der Waals surface area contributed by atoms with Gasteiger partial charge in [0.25, 0.3) is 0 Å². The van der Waals surface area contributed by atoms with Crippen molar-refractivity contribution in [3.63, 3.8) is 0 Å². The van der Waals surface area contributed by atoms with E-state index in [0.717, 1.165) is 26.2 Å². The lowest BCUT2D eigenvalue weighted by atomic mass is 10.0. The molecule has 0 aliphatic carbocycles. The molecule has 1 rings (SSSR count). The van der Waals surface area contributed by atoms with Crippen LogP contribution in [-0.2, 0) is 4.79 Å². The van der Waals surface area contributed by atoms with Crippen molar-refractivity contribution >= 4 is 5.91 Å². The van der Waals surface area contributed by atoms with E-state index in [1.807, 2.05) is 0 Å². The van der Waals surface area contributed by atoms with Crippen LogP contribution in [0.2, 0.25) is 0 Å². The molecule has 100 valence electrons. The minimum absolute atomic E-state index is 0.0671. The highest BCUT2D eigenvalue weighted by Crippen LogP contribution is 2.15. The average molecular weight is 242 g/mol. The summed E-state index contributed by atoms with van der Waals surface area (Å²) >= 11 is 0. The first kappa shape index (κ1) is 14.4. The number of carbonyl (C=O) groups excluding carboxylic acids is 1. The van der Waals surface area contributed by atoms with Gasteiger partial charge in [-0.2, -0.15) is 0 Å². The van der Waals surface area contributed by atoms with E-state index in [2.05, 4.69) is 23.6 Å². The predicted molar refractivity (Wildman–Crippen MR) is 69.8 cm³/mol. The molecule has 1 aliphatic rings. The Morgan fingerprint density at radius 1 is 1.24 bits per heavy atom. The van der Waals surface area contributed by atoms with Crippen molar-refractivity contribution in [2.75, 3.05) is 53.4 Å². The average Bonchev–Trinajstić information content (AvgIpc) is 2.29. The largest absolute Gasteiger partial charge is 0.348 e. The summed E-state index contributed by atoms with van der Waals surface area (Å²) in [7, 11) is 3.60. The molecular formula is C12H26N4O. The van der Waals surface area contributed by atoms with Crippen molar-refractivity contribution in [3.8, 4) is 0 Å². The first-order chi connectivity index (χ1) is 7.86. The number of amides is 1. The van der Waals surface area contributed by atoms with Crippen molar-refractivity contribution in [1.29, 1.82) is 0 Å². The molecule has 0 aromatic carbocycles.